The van der Waals surface area contributed by atoms with Gasteiger partial charge >= 0.3 is 0 Å². The number of fused-ring (bicyclic) bond motifs is 1. The molecule has 0 spiro atoms. The molecule has 1 heterocycles. The summed E-state index contributed by atoms with van der Waals surface area (Å²) in [4.78, 5) is 23.2. The second kappa shape index (κ2) is 12.0. The lowest BCUT2D eigenvalue weighted by Gasteiger charge is -2.24. The molecule has 0 unspecified atom stereocenters. The van der Waals surface area contributed by atoms with Gasteiger partial charge in [-0.25, -0.2) is 13.4 Å². The number of thiazole rings is 1. The van der Waals surface area contributed by atoms with E-state index in [1.807, 2.05) is 24.5 Å². The van der Waals surface area contributed by atoms with Crippen LogP contribution in [-0.2, 0) is 14.6 Å². The van der Waals surface area contributed by atoms with Crippen LogP contribution in [0.4, 0.5) is 5.13 Å². The first-order chi connectivity index (χ1) is 16.3. The standard InChI is InChI=1S/C24H31N3O4S3/c1-5-26(6-2)15-16-27(24-25-23-20(32-4)8-7-9-21(23)33-24)22(28)14-17-34(29,30)19-12-10-18(31-3)11-13-19/h7-13H,5-6,14-17H2,1-4H3. The number of nitrogens with zero attached hydrogens (tertiary/aromatic N) is 3. The smallest absolute Gasteiger partial charge is 0.229 e. The predicted octanol–water partition coefficient (Wildman–Crippen LogP) is 4.57. The summed E-state index contributed by atoms with van der Waals surface area (Å²) in [6.45, 7) is 7.06. The number of ether oxygens (including phenoxy) is 1. The van der Waals surface area contributed by atoms with E-state index < -0.39 is 9.84 Å². The van der Waals surface area contributed by atoms with Gasteiger partial charge in [0.15, 0.2) is 15.0 Å². The molecule has 10 heteroatoms. The summed E-state index contributed by atoms with van der Waals surface area (Å²) in [5.41, 5.74) is 0.876. The lowest BCUT2D eigenvalue weighted by atomic mass is 10.3. The van der Waals surface area contributed by atoms with Crippen LogP contribution in [0.1, 0.15) is 20.3 Å². The van der Waals surface area contributed by atoms with E-state index in [-0.39, 0.29) is 23.0 Å². The molecule has 1 amide bonds. The molecule has 0 aliphatic rings. The molecule has 0 fully saturated rings. The SMILES string of the molecule is CCN(CC)CCN(C(=O)CCS(=O)(=O)c1ccc(OC)cc1)c1nc2c(SC)cccc2s1. The predicted molar refractivity (Wildman–Crippen MR) is 141 cm³/mol. The maximum absolute atomic E-state index is 13.3. The van der Waals surface area contributed by atoms with Crippen molar-refractivity contribution in [1.29, 1.82) is 0 Å². The highest BCUT2D eigenvalue weighted by atomic mass is 32.2. The molecule has 184 valence electrons. The van der Waals surface area contributed by atoms with Crippen LogP contribution in [0.2, 0.25) is 0 Å². The Bertz CT molecular complexity index is 1210. The van der Waals surface area contributed by atoms with E-state index >= 15 is 0 Å². The van der Waals surface area contributed by atoms with Crippen LogP contribution in [0.3, 0.4) is 0 Å². The number of aromatic nitrogens is 1. The highest BCUT2D eigenvalue weighted by Gasteiger charge is 2.24. The van der Waals surface area contributed by atoms with Crippen LogP contribution in [0.15, 0.2) is 52.3 Å². The Morgan fingerprint density at radius 2 is 1.79 bits per heavy atom. The number of hydrogen-bond acceptors (Lipinski definition) is 8. The normalized spacial score (nSPS) is 11.8. The van der Waals surface area contributed by atoms with Gasteiger partial charge in [0.25, 0.3) is 0 Å². The molecule has 3 rings (SSSR count). The van der Waals surface area contributed by atoms with Gasteiger partial charge in [-0.15, -0.1) is 11.8 Å². The van der Waals surface area contributed by atoms with Crippen molar-refractivity contribution < 1.29 is 17.9 Å². The van der Waals surface area contributed by atoms with Crippen molar-refractivity contribution in [3.8, 4) is 5.75 Å². The minimum Gasteiger partial charge on any atom is -0.497 e. The summed E-state index contributed by atoms with van der Waals surface area (Å²) in [6.07, 6.45) is 1.89. The summed E-state index contributed by atoms with van der Waals surface area (Å²) in [5, 5.41) is 0.607. The third-order valence-electron chi connectivity index (χ3n) is 5.66. The van der Waals surface area contributed by atoms with Crippen molar-refractivity contribution >= 4 is 54.2 Å². The molecular weight excluding hydrogens is 490 g/mol. The Morgan fingerprint density at radius 3 is 2.41 bits per heavy atom. The zero-order valence-electron chi connectivity index (χ0n) is 20.0. The summed E-state index contributed by atoms with van der Waals surface area (Å²) in [5.74, 6) is 0.0769. The molecular formula is C24H31N3O4S3. The average Bonchev–Trinajstić information content (AvgIpc) is 3.29. The van der Waals surface area contributed by atoms with E-state index in [2.05, 4.69) is 18.7 Å². The van der Waals surface area contributed by atoms with E-state index in [0.717, 1.165) is 28.2 Å². The number of benzene rings is 2. The minimum absolute atomic E-state index is 0.113. The van der Waals surface area contributed by atoms with Crippen molar-refractivity contribution in [2.24, 2.45) is 0 Å². The van der Waals surface area contributed by atoms with Gasteiger partial charge in [0.05, 0.1) is 28.0 Å². The maximum Gasteiger partial charge on any atom is 0.229 e. The molecule has 0 aliphatic heterocycles. The van der Waals surface area contributed by atoms with Crippen LogP contribution in [0.25, 0.3) is 10.2 Å². The number of likely N-dealkylation sites (N-methyl/N-ethyl adjacent to an activating group) is 1. The number of sulfone groups is 1. The first kappa shape index (κ1) is 26.5. The first-order valence-electron chi connectivity index (χ1n) is 11.2. The fourth-order valence-corrected chi connectivity index (χ4v) is 6.45. The number of para-hydroxylation sites is 1. The number of thioether (sulfide) groups is 1. The van der Waals surface area contributed by atoms with Gasteiger partial charge < -0.3 is 9.64 Å². The molecule has 3 aromatic rings. The van der Waals surface area contributed by atoms with Crippen molar-refractivity contribution in [2.45, 2.75) is 30.1 Å². The van der Waals surface area contributed by atoms with E-state index in [9.17, 15) is 13.2 Å². The van der Waals surface area contributed by atoms with Crippen LogP contribution in [0, 0.1) is 0 Å². The zero-order valence-corrected chi connectivity index (χ0v) is 22.4. The van der Waals surface area contributed by atoms with Gasteiger partial charge in [-0.3, -0.25) is 9.69 Å². The van der Waals surface area contributed by atoms with Gasteiger partial charge in [0.1, 0.15) is 5.75 Å². The number of methoxy groups -OCH3 is 1. The summed E-state index contributed by atoms with van der Waals surface area (Å²) in [7, 11) is -2.08. The number of rotatable bonds is 12. The van der Waals surface area contributed by atoms with Gasteiger partial charge in [-0.05, 0) is 55.7 Å². The molecule has 0 radical (unpaired) electrons. The third kappa shape index (κ3) is 6.29. The van der Waals surface area contributed by atoms with Crippen LogP contribution in [-0.4, -0.2) is 69.5 Å². The maximum atomic E-state index is 13.3. The molecule has 0 N–H and O–H groups in total. The number of carbonyl (C=O) groups excluding carboxylic acids is 1. The van der Waals surface area contributed by atoms with E-state index in [1.54, 1.807) is 28.8 Å². The van der Waals surface area contributed by atoms with Gasteiger partial charge in [-0.2, -0.15) is 0 Å². The summed E-state index contributed by atoms with van der Waals surface area (Å²) < 4.78 is 31.8. The third-order valence-corrected chi connectivity index (χ3v) is 9.20. The van der Waals surface area contributed by atoms with Crippen LogP contribution in [0.5, 0.6) is 5.75 Å². The van der Waals surface area contributed by atoms with Crippen molar-refractivity contribution in [3.63, 3.8) is 0 Å². The first-order valence-corrected chi connectivity index (χ1v) is 14.8. The molecule has 34 heavy (non-hydrogen) atoms. The topological polar surface area (TPSA) is 79.8 Å². The zero-order chi connectivity index (χ0) is 24.7. The monoisotopic (exact) mass is 521 g/mol. The lowest BCUT2D eigenvalue weighted by molar-refractivity contribution is -0.118. The molecule has 0 aliphatic carbocycles. The Labute approximate surface area is 210 Å². The fraction of sp³-hybridized carbons (Fsp3) is 0.417. The summed E-state index contributed by atoms with van der Waals surface area (Å²) >= 11 is 3.08. The minimum atomic E-state index is -3.61. The molecule has 0 bridgehead atoms. The van der Waals surface area contributed by atoms with Gasteiger partial charge in [-0.1, -0.05) is 31.3 Å². The largest absolute Gasteiger partial charge is 0.497 e. The number of anilines is 1. The Morgan fingerprint density at radius 1 is 1.09 bits per heavy atom. The molecule has 7 nitrogen and oxygen atoms in total. The Balaban J connectivity index is 1.83. The van der Waals surface area contributed by atoms with E-state index in [0.29, 0.717) is 24.0 Å². The lowest BCUT2D eigenvalue weighted by Crippen LogP contribution is -2.39. The molecule has 2 aromatic carbocycles. The fourth-order valence-electron chi connectivity index (χ4n) is 3.56. The average molecular weight is 522 g/mol. The highest BCUT2D eigenvalue weighted by Crippen LogP contribution is 2.34. The number of hydrogen-bond donors (Lipinski definition) is 0. The molecule has 1 aromatic heterocycles. The number of amides is 1. The van der Waals surface area contributed by atoms with Crippen LogP contribution >= 0.6 is 23.1 Å². The highest BCUT2D eigenvalue weighted by molar-refractivity contribution is 7.98. The van der Waals surface area contributed by atoms with Crippen molar-refractivity contribution in [3.05, 3.63) is 42.5 Å². The van der Waals surface area contributed by atoms with Crippen LogP contribution < -0.4 is 9.64 Å². The molecule has 0 atom stereocenters. The van der Waals surface area contributed by atoms with E-state index in [1.165, 1.54) is 30.6 Å². The van der Waals surface area contributed by atoms with Gasteiger partial charge in [0.2, 0.25) is 5.91 Å². The molecule has 0 saturated carbocycles. The quantitative estimate of drug-likeness (QED) is 0.323. The Hall–Kier alpha value is -2.14. The van der Waals surface area contributed by atoms with Crippen molar-refractivity contribution in [1.82, 2.24) is 9.88 Å². The second-order valence-electron chi connectivity index (χ2n) is 7.62. The number of carbonyl (C=O) groups is 1. The molecule has 0 saturated heterocycles. The van der Waals surface area contributed by atoms with Gasteiger partial charge in [0, 0.05) is 24.4 Å². The van der Waals surface area contributed by atoms with Crippen molar-refractivity contribution in [2.75, 3.05) is 50.2 Å². The Kier molecular flexibility index (Phi) is 9.35. The summed E-state index contributed by atoms with van der Waals surface area (Å²) in [6, 6.07) is 12.2. The van der Waals surface area contributed by atoms with E-state index in [4.69, 9.17) is 9.72 Å². The second-order valence-corrected chi connectivity index (χ2v) is 11.6.